The molecule has 2 aromatic heterocycles. The van der Waals surface area contributed by atoms with Crippen molar-refractivity contribution in [1.29, 1.82) is 0 Å². The van der Waals surface area contributed by atoms with Gasteiger partial charge in [-0.3, -0.25) is 14.6 Å². The van der Waals surface area contributed by atoms with Gasteiger partial charge in [0.15, 0.2) is 17.3 Å². The third kappa shape index (κ3) is 8.32. The number of aromatic nitrogens is 3. The van der Waals surface area contributed by atoms with E-state index in [4.69, 9.17) is 20.0 Å². The SMILES string of the molecule is C=CC(=O)NCCCOCCCc1ccc2c(c1)nc(N)c1nc(CCCC)n(Cc3cccc(O)c3OP(=O)(O)O)c12. The Morgan fingerprint density at radius 1 is 1.14 bits per heavy atom. The van der Waals surface area contributed by atoms with E-state index in [0.29, 0.717) is 42.8 Å². The molecule has 0 saturated carbocycles. The Kier molecular flexibility index (Phi) is 10.8. The maximum Gasteiger partial charge on any atom is 0.524 e. The first kappa shape index (κ1) is 32.0. The first-order chi connectivity index (χ1) is 20.6. The molecule has 43 heavy (non-hydrogen) atoms. The summed E-state index contributed by atoms with van der Waals surface area (Å²) in [5.41, 5.74) is 9.86. The third-order valence-corrected chi connectivity index (χ3v) is 7.34. The summed E-state index contributed by atoms with van der Waals surface area (Å²) in [7, 11) is -4.93. The fraction of sp³-hybridized carbons (Fsp3) is 0.367. The number of rotatable bonds is 16. The number of carbonyl (C=O) groups is 1. The number of aromatic hydroxyl groups is 1. The van der Waals surface area contributed by atoms with E-state index in [-0.39, 0.29) is 29.8 Å². The highest BCUT2D eigenvalue weighted by atomic mass is 31.2. The number of ether oxygens (including phenoxy) is 1. The Hall–Kier alpha value is -3.96. The van der Waals surface area contributed by atoms with E-state index in [9.17, 15) is 24.3 Å². The van der Waals surface area contributed by atoms with Crippen molar-refractivity contribution in [2.45, 2.75) is 52.0 Å². The average Bonchev–Trinajstić information content (AvgIpc) is 3.33. The van der Waals surface area contributed by atoms with Crippen molar-refractivity contribution < 1.29 is 33.5 Å². The van der Waals surface area contributed by atoms with Crippen molar-refractivity contribution in [3.63, 3.8) is 0 Å². The molecule has 12 nitrogen and oxygen atoms in total. The second-order valence-electron chi connectivity index (χ2n) is 10.2. The molecule has 4 aromatic rings. The topological polar surface area (TPSA) is 182 Å². The number of unbranched alkanes of at least 4 members (excludes halogenated alkanes) is 1. The van der Waals surface area contributed by atoms with Crippen LogP contribution in [0.2, 0.25) is 0 Å². The minimum atomic E-state index is -4.93. The molecule has 230 valence electrons. The average molecular weight is 612 g/mol. The molecule has 1 amide bonds. The molecular weight excluding hydrogens is 573 g/mol. The minimum Gasteiger partial charge on any atom is -0.504 e. The number of nitrogens with zero attached hydrogens (tertiary/aromatic N) is 3. The van der Waals surface area contributed by atoms with Crippen LogP contribution in [0.4, 0.5) is 5.82 Å². The lowest BCUT2D eigenvalue weighted by molar-refractivity contribution is -0.116. The van der Waals surface area contributed by atoms with Gasteiger partial charge in [-0.05, 0) is 49.5 Å². The van der Waals surface area contributed by atoms with Crippen LogP contribution >= 0.6 is 7.82 Å². The first-order valence-corrected chi connectivity index (χ1v) is 15.8. The van der Waals surface area contributed by atoms with Crippen molar-refractivity contribution in [2.75, 3.05) is 25.5 Å². The number of nitrogens with one attached hydrogen (secondary N) is 1. The molecule has 0 spiro atoms. The number of phosphoric ester groups is 1. The van der Waals surface area contributed by atoms with Gasteiger partial charge in [-0.1, -0.05) is 44.2 Å². The molecule has 4 rings (SSSR count). The van der Waals surface area contributed by atoms with Gasteiger partial charge in [0, 0.05) is 37.1 Å². The van der Waals surface area contributed by atoms with Gasteiger partial charge in [0.25, 0.3) is 0 Å². The van der Waals surface area contributed by atoms with Crippen LogP contribution in [0.25, 0.3) is 21.9 Å². The van der Waals surface area contributed by atoms with Crippen LogP contribution in [-0.4, -0.2) is 55.1 Å². The van der Waals surface area contributed by atoms with Crippen molar-refractivity contribution in [3.05, 3.63) is 66.0 Å². The summed E-state index contributed by atoms with van der Waals surface area (Å²) < 4.78 is 24.2. The Morgan fingerprint density at radius 2 is 1.93 bits per heavy atom. The van der Waals surface area contributed by atoms with E-state index in [0.717, 1.165) is 54.4 Å². The second-order valence-corrected chi connectivity index (χ2v) is 11.3. The van der Waals surface area contributed by atoms with E-state index >= 15 is 0 Å². The summed E-state index contributed by atoms with van der Waals surface area (Å²) in [5, 5.41) is 13.9. The van der Waals surface area contributed by atoms with Crippen LogP contribution in [0.5, 0.6) is 11.5 Å². The number of hydrogen-bond acceptors (Lipinski definition) is 8. The lowest BCUT2D eigenvalue weighted by atomic mass is 10.1. The fourth-order valence-corrected chi connectivity index (χ4v) is 5.33. The molecule has 2 heterocycles. The predicted octanol–water partition coefficient (Wildman–Crippen LogP) is 4.38. The fourth-order valence-electron chi connectivity index (χ4n) is 4.88. The summed E-state index contributed by atoms with van der Waals surface area (Å²) in [5.74, 6) is 0.177. The number of amides is 1. The van der Waals surface area contributed by atoms with Gasteiger partial charge < -0.3 is 30.0 Å². The zero-order valence-electron chi connectivity index (χ0n) is 24.2. The number of nitrogen functional groups attached to an aromatic ring is 1. The van der Waals surface area contributed by atoms with Gasteiger partial charge in [-0.15, -0.1) is 0 Å². The van der Waals surface area contributed by atoms with Crippen molar-refractivity contribution in [1.82, 2.24) is 19.9 Å². The molecule has 0 saturated heterocycles. The molecule has 13 heteroatoms. The monoisotopic (exact) mass is 611 g/mol. The number of pyridine rings is 1. The largest absolute Gasteiger partial charge is 0.524 e. The molecule has 0 radical (unpaired) electrons. The number of phosphoric acid groups is 1. The Bertz CT molecular complexity index is 1650. The second kappa shape index (κ2) is 14.5. The lowest BCUT2D eigenvalue weighted by Crippen LogP contribution is -2.22. The number of carbonyl (C=O) groups excluding carboxylic acids is 1. The molecule has 0 aliphatic carbocycles. The summed E-state index contributed by atoms with van der Waals surface area (Å²) in [6.45, 7) is 7.31. The number of anilines is 1. The highest BCUT2D eigenvalue weighted by Gasteiger charge is 2.24. The van der Waals surface area contributed by atoms with Crippen LogP contribution in [0.3, 0.4) is 0 Å². The molecule has 6 N–H and O–H groups in total. The number of hydrogen-bond donors (Lipinski definition) is 5. The van der Waals surface area contributed by atoms with Gasteiger partial charge >= 0.3 is 7.82 Å². The Morgan fingerprint density at radius 3 is 2.67 bits per heavy atom. The predicted molar refractivity (Wildman–Crippen MR) is 165 cm³/mol. The molecule has 2 aromatic carbocycles. The number of phenolic OH excluding ortho intramolecular Hbond substituents is 1. The van der Waals surface area contributed by atoms with E-state index < -0.39 is 7.82 Å². The number of benzene rings is 2. The number of para-hydroxylation sites is 1. The summed E-state index contributed by atoms with van der Waals surface area (Å²) in [4.78, 5) is 39.6. The molecule has 0 fully saturated rings. The molecule has 0 unspecified atom stereocenters. The zero-order valence-corrected chi connectivity index (χ0v) is 25.1. The summed E-state index contributed by atoms with van der Waals surface area (Å²) in [6.07, 6.45) is 6.01. The molecule has 0 atom stereocenters. The van der Waals surface area contributed by atoms with Crippen LogP contribution in [0.15, 0.2) is 49.1 Å². The number of imidazole rings is 1. The summed E-state index contributed by atoms with van der Waals surface area (Å²) in [6, 6.07) is 10.6. The smallest absolute Gasteiger partial charge is 0.504 e. The van der Waals surface area contributed by atoms with Crippen molar-refractivity contribution >= 4 is 41.5 Å². The standard InChI is InChI=1S/C30H38N5O7P/c1-3-5-12-25-34-27-28(35(25)19-21-10-6-11-24(36)29(21)42-43(38,39)40)22-14-13-20(18-23(22)33-30(27)31)9-7-16-41-17-8-15-32-26(37)4-2/h4,6,10-11,13-14,18,36H,2-3,5,7-9,12,15-17,19H2,1H3,(H2,31,33)(H,32,37)(H2,38,39,40). The molecule has 0 bridgehead atoms. The van der Waals surface area contributed by atoms with Crippen molar-refractivity contribution in [3.8, 4) is 11.5 Å². The van der Waals surface area contributed by atoms with E-state index in [1.54, 1.807) is 12.1 Å². The van der Waals surface area contributed by atoms with Crippen LogP contribution < -0.4 is 15.6 Å². The zero-order chi connectivity index (χ0) is 31.0. The Labute approximate surface area is 249 Å². The maximum absolute atomic E-state index is 11.7. The lowest BCUT2D eigenvalue weighted by Gasteiger charge is -2.16. The molecular formula is C30H38N5O7P. The van der Waals surface area contributed by atoms with Crippen LogP contribution in [-0.2, 0) is 33.5 Å². The van der Waals surface area contributed by atoms with Crippen LogP contribution in [0.1, 0.15) is 49.6 Å². The van der Waals surface area contributed by atoms with Gasteiger partial charge in [-0.2, -0.15) is 0 Å². The molecule has 0 aliphatic heterocycles. The van der Waals surface area contributed by atoms with Crippen molar-refractivity contribution in [2.24, 2.45) is 0 Å². The quantitative estimate of drug-likeness (QED) is 0.0693. The van der Waals surface area contributed by atoms with E-state index in [2.05, 4.69) is 23.8 Å². The third-order valence-electron chi connectivity index (χ3n) is 6.92. The van der Waals surface area contributed by atoms with E-state index in [1.165, 1.54) is 12.1 Å². The number of phenols is 1. The normalized spacial score (nSPS) is 11.7. The van der Waals surface area contributed by atoms with E-state index in [1.807, 2.05) is 22.8 Å². The maximum atomic E-state index is 11.7. The van der Waals surface area contributed by atoms with Gasteiger partial charge in [0.2, 0.25) is 5.91 Å². The number of nitrogens with two attached hydrogens (primary N) is 1. The first-order valence-electron chi connectivity index (χ1n) is 14.2. The highest BCUT2D eigenvalue weighted by Crippen LogP contribution is 2.44. The van der Waals surface area contributed by atoms with Crippen LogP contribution in [0, 0.1) is 0 Å². The number of aryl methyl sites for hydroxylation is 2. The minimum absolute atomic E-state index is 0.133. The molecule has 0 aliphatic rings. The van der Waals surface area contributed by atoms with Gasteiger partial charge in [0.05, 0.1) is 17.6 Å². The highest BCUT2D eigenvalue weighted by molar-refractivity contribution is 7.46. The van der Waals surface area contributed by atoms with Gasteiger partial charge in [-0.25, -0.2) is 14.5 Å². The van der Waals surface area contributed by atoms with Gasteiger partial charge in [0.1, 0.15) is 11.3 Å². The number of fused-ring (bicyclic) bond motifs is 3. The Balaban J connectivity index is 1.60. The summed E-state index contributed by atoms with van der Waals surface area (Å²) >= 11 is 0.